The first-order chi connectivity index (χ1) is 7.15. The maximum Gasteiger partial charge on any atom is 0.180 e. The van der Waals surface area contributed by atoms with Crippen LogP contribution in [0, 0.1) is 6.92 Å². The molecule has 0 aliphatic carbocycles. The molecule has 0 aromatic carbocycles. The van der Waals surface area contributed by atoms with Crippen molar-refractivity contribution in [3.8, 4) is 11.5 Å². The van der Waals surface area contributed by atoms with Crippen LogP contribution in [0.1, 0.15) is 5.56 Å². The first-order valence-electron chi connectivity index (χ1n) is 4.28. The Kier molecular flexibility index (Phi) is 3.11. The van der Waals surface area contributed by atoms with Crippen molar-refractivity contribution in [2.24, 2.45) is 0 Å². The molecule has 15 heavy (non-hydrogen) atoms. The zero-order valence-electron chi connectivity index (χ0n) is 7.91. The second-order valence-corrected chi connectivity index (χ2v) is 4.68. The molecule has 2 aromatic rings. The molecule has 0 radical (unpaired) electrons. The molecule has 76 valence electrons. The maximum atomic E-state index is 4.26. The Morgan fingerprint density at radius 1 is 1.07 bits per heavy atom. The van der Waals surface area contributed by atoms with Crippen LogP contribution in [0.15, 0.2) is 33.6 Å². The smallest absolute Gasteiger partial charge is 0.180 e. The number of hydrogen-bond acceptors (Lipinski definition) is 3. The predicted molar refractivity (Wildman–Crippen MR) is 65.4 cm³/mol. The highest BCUT2D eigenvalue weighted by molar-refractivity contribution is 9.11. The van der Waals surface area contributed by atoms with Crippen LogP contribution in [0.25, 0.3) is 11.5 Å². The number of pyridine rings is 1. The Labute approximate surface area is 104 Å². The van der Waals surface area contributed by atoms with Gasteiger partial charge in [-0.3, -0.25) is 4.98 Å². The highest BCUT2D eigenvalue weighted by Gasteiger charge is 2.04. The van der Waals surface area contributed by atoms with Crippen molar-refractivity contribution in [1.29, 1.82) is 0 Å². The van der Waals surface area contributed by atoms with E-state index in [4.69, 9.17) is 0 Å². The van der Waals surface area contributed by atoms with Crippen LogP contribution >= 0.6 is 31.9 Å². The zero-order valence-corrected chi connectivity index (χ0v) is 11.1. The third-order valence-corrected chi connectivity index (χ3v) is 2.62. The van der Waals surface area contributed by atoms with Gasteiger partial charge in [0, 0.05) is 12.3 Å². The van der Waals surface area contributed by atoms with Crippen LogP contribution in [-0.4, -0.2) is 15.0 Å². The quantitative estimate of drug-likeness (QED) is 0.753. The monoisotopic (exact) mass is 327 g/mol. The van der Waals surface area contributed by atoms with E-state index in [0.717, 1.165) is 20.5 Å². The summed E-state index contributed by atoms with van der Waals surface area (Å²) in [7, 11) is 0. The average molecular weight is 329 g/mol. The van der Waals surface area contributed by atoms with Crippen LogP contribution in [0.5, 0.6) is 0 Å². The molecular formula is C10H7Br2N3. The summed E-state index contributed by atoms with van der Waals surface area (Å²) in [5.41, 5.74) is 1.88. The standard InChI is InChI=1S/C10H7Br2N3/c1-6-2-3-7(13-5-6)10-14-8(11)4-9(12)15-10/h2-5H,1H3. The molecule has 0 atom stereocenters. The van der Waals surface area contributed by atoms with Crippen molar-refractivity contribution in [1.82, 2.24) is 15.0 Å². The van der Waals surface area contributed by atoms with Crippen molar-refractivity contribution >= 4 is 31.9 Å². The van der Waals surface area contributed by atoms with Crippen molar-refractivity contribution in [2.45, 2.75) is 6.92 Å². The van der Waals surface area contributed by atoms with Gasteiger partial charge in [0.05, 0.1) is 0 Å². The fourth-order valence-electron chi connectivity index (χ4n) is 1.10. The molecule has 0 bridgehead atoms. The number of aryl methyl sites for hydroxylation is 1. The van der Waals surface area contributed by atoms with E-state index in [9.17, 15) is 0 Å². The van der Waals surface area contributed by atoms with E-state index in [2.05, 4.69) is 46.8 Å². The van der Waals surface area contributed by atoms with Crippen LogP contribution < -0.4 is 0 Å². The topological polar surface area (TPSA) is 38.7 Å². The number of rotatable bonds is 1. The second-order valence-electron chi connectivity index (χ2n) is 3.06. The number of halogens is 2. The molecule has 0 saturated carbocycles. The molecule has 2 aromatic heterocycles. The van der Waals surface area contributed by atoms with Gasteiger partial charge in [-0.05, 0) is 50.4 Å². The van der Waals surface area contributed by atoms with E-state index in [0.29, 0.717) is 5.82 Å². The SMILES string of the molecule is Cc1ccc(-c2nc(Br)cc(Br)n2)nc1. The van der Waals surface area contributed by atoms with Crippen LogP contribution in [0.4, 0.5) is 0 Å². The van der Waals surface area contributed by atoms with E-state index >= 15 is 0 Å². The highest BCUT2D eigenvalue weighted by atomic mass is 79.9. The number of aromatic nitrogens is 3. The molecule has 3 nitrogen and oxygen atoms in total. The van der Waals surface area contributed by atoms with Gasteiger partial charge < -0.3 is 0 Å². The molecule has 0 amide bonds. The minimum atomic E-state index is 0.608. The van der Waals surface area contributed by atoms with Gasteiger partial charge in [-0.15, -0.1) is 0 Å². The van der Waals surface area contributed by atoms with Gasteiger partial charge in [0.25, 0.3) is 0 Å². The van der Waals surface area contributed by atoms with E-state index in [1.54, 1.807) is 12.3 Å². The van der Waals surface area contributed by atoms with Gasteiger partial charge >= 0.3 is 0 Å². The normalized spacial score (nSPS) is 10.3. The molecule has 0 spiro atoms. The van der Waals surface area contributed by atoms with Crippen molar-refractivity contribution < 1.29 is 0 Å². The maximum absolute atomic E-state index is 4.26. The number of nitrogens with zero attached hydrogens (tertiary/aromatic N) is 3. The lowest BCUT2D eigenvalue weighted by atomic mass is 10.2. The Balaban J connectivity index is 2.49. The number of hydrogen-bond donors (Lipinski definition) is 0. The lowest BCUT2D eigenvalue weighted by Gasteiger charge is -2.01. The molecule has 0 fully saturated rings. The first-order valence-corrected chi connectivity index (χ1v) is 5.87. The van der Waals surface area contributed by atoms with E-state index in [1.165, 1.54) is 0 Å². The van der Waals surface area contributed by atoms with Gasteiger partial charge in [0.2, 0.25) is 0 Å². The van der Waals surface area contributed by atoms with Gasteiger partial charge in [-0.25, -0.2) is 9.97 Å². The Bertz CT molecular complexity index is 462. The van der Waals surface area contributed by atoms with Crippen molar-refractivity contribution in [3.63, 3.8) is 0 Å². The Morgan fingerprint density at radius 2 is 1.73 bits per heavy atom. The molecule has 2 rings (SSSR count). The lowest BCUT2D eigenvalue weighted by molar-refractivity contribution is 1.09. The van der Waals surface area contributed by atoms with E-state index in [-0.39, 0.29) is 0 Å². The molecule has 2 heterocycles. The summed E-state index contributed by atoms with van der Waals surface area (Å²) in [4.78, 5) is 12.8. The molecule has 5 heteroatoms. The van der Waals surface area contributed by atoms with Gasteiger partial charge in [-0.2, -0.15) is 0 Å². The molecular weight excluding hydrogens is 322 g/mol. The van der Waals surface area contributed by atoms with Crippen molar-refractivity contribution in [2.75, 3.05) is 0 Å². The minimum Gasteiger partial charge on any atom is -0.253 e. The zero-order chi connectivity index (χ0) is 10.8. The van der Waals surface area contributed by atoms with Gasteiger partial charge in [-0.1, -0.05) is 6.07 Å². The molecule has 0 aliphatic heterocycles. The molecule has 0 aliphatic rings. The molecule has 0 N–H and O–H groups in total. The van der Waals surface area contributed by atoms with Gasteiger partial charge in [0.1, 0.15) is 14.9 Å². The van der Waals surface area contributed by atoms with Crippen molar-refractivity contribution in [3.05, 3.63) is 39.2 Å². The Hall–Kier alpha value is -0.810. The second kappa shape index (κ2) is 4.37. The summed E-state index contributed by atoms with van der Waals surface area (Å²) in [5, 5.41) is 0. The molecule has 0 saturated heterocycles. The fraction of sp³-hybridized carbons (Fsp3) is 0.100. The van der Waals surface area contributed by atoms with E-state index < -0.39 is 0 Å². The average Bonchev–Trinajstić information content (AvgIpc) is 2.17. The Morgan fingerprint density at radius 3 is 2.27 bits per heavy atom. The third-order valence-electron chi connectivity index (χ3n) is 1.80. The lowest BCUT2D eigenvalue weighted by Crippen LogP contribution is -1.92. The molecule has 0 unspecified atom stereocenters. The summed E-state index contributed by atoms with van der Waals surface area (Å²) >= 11 is 6.63. The van der Waals surface area contributed by atoms with Gasteiger partial charge in [0.15, 0.2) is 5.82 Å². The van der Waals surface area contributed by atoms with Crippen LogP contribution in [0.3, 0.4) is 0 Å². The summed E-state index contributed by atoms with van der Waals surface area (Å²) in [6.07, 6.45) is 1.80. The predicted octanol–water partition coefficient (Wildman–Crippen LogP) is 3.37. The van der Waals surface area contributed by atoms with E-state index in [1.807, 2.05) is 19.1 Å². The first kappa shape index (κ1) is 10.7. The van der Waals surface area contributed by atoms with Crippen LogP contribution in [0.2, 0.25) is 0 Å². The summed E-state index contributed by atoms with van der Waals surface area (Å²) in [5.74, 6) is 0.608. The summed E-state index contributed by atoms with van der Waals surface area (Å²) < 4.78 is 1.48. The fourth-order valence-corrected chi connectivity index (χ4v) is 2.18. The largest absolute Gasteiger partial charge is 0.253 e. The summed E-state index contributed by atoms with van der Waals surface area (Å²) in [6, 6.07) is 5.68. The minimum absolute atomic E-state index is 0.608. The highest BCUT2D eigenvalue weighted by Crippen LogP contribution is 2.19. The third kappa shape index (κ3) is 2.60. The van der Waals surface area contributed by atoms with Crippen LogP contribution in [-0.2, 0) is 0 Å². The summed E-state index contributed by atoms with van der Waals surface area (Å²) in [6.45, 7) is 1.99.